The second-order valence-electron chi connectivity index (χ2n) is 4.65. The molecule has 0 saturated heterocycles. The topological polar surface area (TPSA) is 71.7 Å². The number of ether oxygens (including phenoxy) is 1. The van der Waals surface area contributed by atoms with Crippen LogP contribution >= 0.6 is 0 Å². The lowest BCUT2D eigenvalue weighted by Crippen LogP contribution is -1.96. The Morgan fingerprint density at radius 3 is 2.59 bits per heavy atom. The van der Waals surface area contributed by atoms with E-state index in [0.29, 0.717) is 23.0 Å². The zero-order chi connectivity index (χ0) is 15.4. The molecule has 0 N–H and O–H groups in total. The minimum atomic E-state index is 0.455. The van der Waals surface area contributed by atoms with E-state index in [9.17, 15) is 0 Å². The Bertz CT molecular complexity index is 824. The number of benzene rings is 1. The van der Waals surface area contributed by atoms with Crippen molar-refractivity contribution in [1.82, 2.24) is 15.0 Å². The molecule has 0 amide bonds. The molecular formula is C17H12N4O. The number of hydrogen-bond acceptors (Lipinski definition) is 5. The van der Waals surface area contributed by atoms with E-state index in [-0.39, 0.29) is 0 Å². The Morgan fingerprint density at radius 1 is 1.09 bits per heavy atom. The van der Waals surface area contributed by atoms with E-state index >= 15 is 0 Å². The average molecular weight is 288 g/mol. The Labute approximate surface area is 127 Å². The van der Waals surface area contributed by atoms with Crippen LogP contribution in [0.4, 0.5) is 0 Å². The lowest BCUT2D eigenvalue weighted by atomic mass is 10.2. The quantitative estimate of drug-likeness (QED) is 0.737. The van der Waals surface area contributed by atoms with Crippen LogP contribution in [0, 0.1) is 18.3 Å². The summed E-state index contributed by atoms with van der Waals surface area (Å²) < 4.78 is 5.74. The van der Waals surface area contributed by atoms with Crippen molar-refractivity contribution < 1.29 is 4.74 Å². The Kier molecular flexibility index (Phi) is 3.75. The van der Waals surface area contributed by atoms with Gasteiger partial charge >= 0.3 is 0 Å². The van der Waals surface area contributed by atoms with Crippen molar-refractivity contribution in [3.63, 3.8) is 0 Å². The van der Waals surface area contributed by atoms with E-state index in [1.807, 2.05) is 19.1 Å². The SMILES string of the molecule is Cc1cc(Oc2ccc(C#N)cc2)nc(-c2cccnc2)n1. The third kappa shape index (κ3) is 3.07. The number of nitriles is 1. The van der Waals surface area contributed by atoms with Gasteiger partial charge in [0.05, 0.1) is 11.6 Å². The van der Waals surface area contributed by atoms with Gasteiger partial charge < -0.3 is 4.74 Å². The predicted molar refractivity (Wildman–Crippen MR) is 81.2 cm³/mol. The summed E-state index contributed by atoms with van der Waals surface area (Å²) in [6.07, 6.45) is 3.41. The number of pyridine rings is 1. The molecule has 22 heavy (non-hydrogen) atoms. The number of aromatic nitrogens is 3. The summed E-state index contributed by atoms with van der Waals surface area (Å²) in [7, 11) is 0. The molecule has 0 aliphatic carbocycles. The molecular weight excluding hydrogens is 276 g/mol. The molecule has 3 aromatic rings. The van der Waals surface area contributed by atoms with E-state index in [0.717, 1.165) is 11.3 Å². The van der Waals surface area contributed by atoms with Crippen LogP contribution in [0.1, 0.15) is 11.3 Å². The maximum Gasteiger partial charge on any atom is 0.223 e. The number of nitrogens with zero attached hydrogens (tertiary/aromatic N) is 4. The lowest BCUT2D eigenvalue weighted by Gasteiger charge is -2.07. The van der Waals surface area contributed by atoms with Crippen molar-refractivity contribution in [1.29, 1.82) is 5.26 Å². The maximum absolute atomic E-state index is 8.80. The van der Waals surface area contributed by atoms with E-state index in [1.54, 1.807) is 42.7 Å². The molecule has 1 aromatic carbocycles. The van der Waals surface area contributed by atoms with E-state index in [2.05, 4.69) is 21.0 Å². The highest BCUT2D eigenvalue weighted by Gasteiger charge is 2.07. The summed E-state index contributed by atoms with van der Waals surface area (Å²) in [6.45, 7) is 1.88. The molecule has 5 heteroatoms. The molecule has 5 nitrogen and oxygen atoms in total. The zero-order valence-electron chi connectivity index (χ0n) is 11.9. The van der Waals surface area contributed by atoms with Gasteiger partial charge in [-0.05, 0) is 43.3 Å². The summed E-state index contributed by atoms with van der Waals surface area (Å²) in [5.41, 5.74) is 2.22. The molecule has 2 heterocycles. The molecule has 0 unspecified atom stereocenters. The molecule has 0 atom stereocenters. The minimum Gasteiger partial charge on any atom is -0.439 e. The van der Waals surface area contributed by atoms with Gasteiger partial charge in [0.25, 0.3) is 0 Å². The van der Waals surface area contributed by atoms with E-state index in [4.69, 9.17) is 10.00 Å². The highest BCUT2D eigenvalue weighted by Crippen LogP contribution is 2.23. The molecule has 0 aliphatic rings. The van der Waals surface area contributed by atoms with Crippen LogP contribution < -0.4 is 4.74 Å². The van der Waals surface area contributed by atoms with Gasteiger partial charge in [-0.15, -0.1) is 0 Å². The lowest BCUT2D eigenvalue weighted by molar-refractivity contribution is 0.461. The Morgan fingerprint density at radius 2 is 1.91 bits per heavy atom. The van der Waals surface area contributed by atoms with Crippen LogP contribution in [-0.4, -0.2) is 15.0 Å². The van der Waals surface area contributed by atoms with Gasteiger partial charge in [0.15, 0.2) is 5.82 Å². The standard InChI is InChI=1S/C17H12N4O/c1-12-9-16(22-15-6-4-13(10-18)5-7-15)21-17(20-12)14-3-2-8-19-11-14/h2-9,11H,1H3. The molecule has 0 bridgehead atoms. The van der Waals surface area contributed by atoms with Gasteiger partial charge in [0, 0.05) is 29.7 Å². The largest absolute Gasteiger partial charge is 0.439 e. The molecule has 0 radical (unpaired) electrons. The Hall–Kier alpha value is -3.26. The molecule has 2 aromatic heterocycles. The van der Waals surface area contributed by atoms with Gasteiger partial charge in [0.2, 0.25) is 5.88 Å². The molecule has 106 valence electrons. The van der Waals surface area contributed by atoms with Crippen LogP contribution in [0.25, 0.3) is 11.4 Å². The zero-order valence-corrected chi connectivity index (χ0v) is 11.9. The van der Waals surface area contributed by atoms with Gasteiger partial charge in [0.1, 0.15) is 5.75 Å². The van der Waals surface area contributed by atoms with Gasteiger partial charge in [-0.1, -0.05) is 0 Å². The molecule has 0 saturated carbocycles. The number of aryl methyl sites for hydroxylation is 1. The third-order valence-corrected chi connectivity index (χ3v) is 2.96. The first-order chi connectivity index (χ1) is 10.7. The van der Waals surface area contributed by atoms with Crippen molar-refractivity contribution in [2.45, 2.75) is 6.92 Å². The first kappa shape index (κ1) is 13.7. The summed E-state index contributed by atoms with van der Waals surface area (Å²) >= 11 is 0. The van der Waals surface area contributed by atoms with Crippen molar-refractivity contribution in [3.05, 3.63) is 66.1 Å². The second-order valence-corrected chi connectivity index (χ2v) is 4.65. The van der Waals surface area contributed by atoms with Crippen LogP contribution in [0.2, 0.25) is 0 Å². The summed E-state index contributed by atoms with van der Waals surface area (Å²) in [5, 5.41) is 8.80. The molecule has 0 fully saturated rings. The minimum absolute atomic E-state index is 0.455. The summed E-state index contributed by atoms with van der Waals surface area (Å²) in [5.74, 6) is 1.64. The first-order valence-corrected chi connectivity index (χ1v) is 6.69. The monoisotopic (exact) mass is 288 g/mol. The van der Waals surface area contributed by atoms with Gasteiger partial charge in [-0.25, -0.2) is 4.98 Å². The van der Waals surface area contributed by atoms with Gasteiger partial charge in [-0.3, -0.25) is 4.98 Å². The van der Waals surface area contributed by atoms with Crippen LogP contribution in [0.3, 0.4) is 0 Å². The van der Waals surface area contributed by atoms with Crippen LogP contribution in [-0.2, 0) is 0 Å². The van der Waals surface area contributed by atoms with E-state index < -0.39 is 0 Å². The molecule has 3 rings (SSSR count). The van der Waals surface area contributed by atoms with Crippen LogP contribution in [0.5, 0.6) is 11.6 Å². The average Bonchev–Trinajstić information content (AvgIpc) is 2.56. The summed E-state index contributed by atoms with van der Waals surface area (Å²) in [6, 6.07) is 14.4. The van der Waals surface area contributed by atoms with Crippen molar-refractivity contribution in [2.24, 2.45) is 0 Å². The maximum atomic E-state index is 8.80. The number of rotatable bonds is 3. The van der Waals surface area contributed by atoms with Crippen molar-refractivity contribution in [2.75, 3.05) is 0 Å². The normalized spacial score (nSPS) is 10.0. The van der Waals surface area contributed by atoms with Crippen molar-refractivity contribution >= 4 is 0 Å². The molecule has 0 aliphatic heterocycles. The fourth-order valence-corrected chi connectivity index (χ4v) is 1.93. The number of hydrogen-bond donors (Lipinski definition) is 0. The summed E-state index contributed by atoms with van der Waals surface area (Å²) in [4.78, 5) is 12.9. The predicted octanol–water partition coefficient (Wildman–Crippen LogP) is 3.51. The fraction of sp³-hybridized carbons (Fsp3) is 0.0588. The van der Waals surface area contributed by atoms with Gasteiger partial charge in [-0.2, -0.15) is 10.2 Å². The van der Waals surface area contributed by atoms with Crippen molar-refractivity contribution in [3.8, 4) is 29.1 Å². The highest BCUT2D eigenvalue weighted by molar-refractivity contribution is 5.54. The van der Waals surface area contributed by atoms with Crippen LogP contribution in [0.15, 0.2) is 54.9 Å². The Balaban J connectivity index is 1.91. The first-order valence-electron chi connectivity index (χ1n) is 6.69. The van der Waals surface area contributed by atoms with E-state index in [1.165, 1.54) is 0 Å². The third-order valence-electron chi connectivity index (χ3n) is 2.96. The molecule has 0 spiro atoms. The smallest absolute Gasteiger partial charge is 0.223 e. The second kappa shape index (κ2) is 6.02. The fourth-order valence-electron chi connectivity index (χ4n) is 1.93. The highest BCUT2D eigenvalue weighted by atomic mass is 16.5.